The van der Waals surface area contributed by atoms with Crippen LogP contribution in [0.15, 0.2) is 72.9 Å². The molecule has 1 fully saturated rings. The van der Waals surface area contributed by atoms with Crippen molar-refractivity contribution in [3.8, 4) is 17.0 Å². The highest BCUT2D eigenvalue weighted by Gasteiger charge is 2.34. The Morgan fingerprint density at radius 2 is 1.84 bits per heavy atom. The Bertz CT molecular complexity index is 1280. The minimum atomic E-state index is -0.713. The van der Waals surface area contributed by atoms with Gasteiger partial charge < -0.3 is 19.5 Å². The molecule has 1 saturated heterocycles. The molecule has 2 heterocycles. The van der Waals surface area contributed by atoms with E-state index in [9.17, 15) is 14.4 Å². The summed E-state index contributed by atoms with van der Waals surface area (Å²) in [4.78, 5) is 39.9. The summed E-state index contributed by atoms with van der Waals surface area (Å²) in [5, 5.41) is 13.4. The van der Waals surface area contributed by atoms with Crippen molar-refractivity contribution in [1.82, 2.24) is 15.6 Å². The molecule has 3 aromatic rings. The number of ether oxygens (including phenoxy) is 3. The topological polar surface area (TPSA) is 140 Å². The lowest BCUT2D eigenvalue weighted by atomic mass is 10.0. The summed E-state index contributed by atoms with van der Waals surface area (Å²) in [5.41, 5.74) is 2.83. The zero-order valence-corrected chi connectivity index (χ0v) is 20.8. The quantitative estimate of drug-likeness (QED) is 0.225. The lowest BCUT2D eigenvalue weighted by Crippen LogP contribution is -2.31. The maximum Gasteiger partial charge on any atom is 0.413 e. The number of benzene rings is 2. The Morgan fingerprint density at radius 1 is 1.08 bits per heavy atom. The fourth-order valence-corrected chi connectivity index (χ4v) is 3.96. The molecular formula is C28H28N4O6. The van der Waals surface area contributed by atoms with Crippen molar-refractivity contribution in [2.45, 2.75) is 25.5 Å². The zero-order chi connectivity index (χ0) is 26.9. The summed E-state index contributed by atoms with van der Waals surface area (Å²) < 4.78 is 15.6. The van der Waals surface area contributed by atoms with E-state index in [0.717, 1.165) is 11.1 Å². The number of hydrogen-bond acceptors (Lipinski definition) is 8. The van der Waals surface area contributed by atoms with Gasteiger partial charge in [-0.05, 0) is 48.4 Å². The molecule has 10 heteroatoms. The number of nitrogens with zero attached hydrogens (tertiary/aromatic N) is 1. The molecule has 196 valence electrons. The van der Waals surface area contributed by atoms with E-state index < -0.39 is 18.0 Å². The molecule has 1 aromatic heterocycles. The van der Waals surface area contributed by atoms with E-state index in [2.05, 4.69) is 20.4 Å². The van der Waals surface area contributed by atoms with Crippen molar-refractivity contribution in [3.05, 3.63) is 84.1 Å². The minimum absolute atomic E-state index is 0.0627. The average Bonchev–Trinajstić information content (AvgIpc) is 3.30. The van der Waals surface area contributed by atoms with Gasteiger partial charge in [0, 0.05) is 17.3 Å². The first-order valence-electron chi connectivity index (χ1n) is 12.0. The molecule has 0 saturated carbocycles. The first kappa shape index (κ1) is 26.3. The van der Waals surface area contributed by atoms with Crippen molar-refractivity contribution < 1.29 is 28.6 Å². The van der Waals surface area contributed by atoms with Gasteiger partial charge in [0.05, 0.1) is 31.2 Å². The number of hydrogen-bond donors (Lipinski definition) is 3. The average molecular weight is 517 g/mol. The van der Waals surface area contributed by atoms with Gasteiger partial charge in [0.25, 0.3) is 0 Å². The van der Waals surface area contributed by atoms with Crippen LogP contribution in [0.3, 0.4) is 0 Å². The van der Waals surface area contributed by atoms with Crippen LogP contribution in [0.1, 0.15) is 24.0 Å². The number of amidine groups is 1. The summed E-state index contributed by atoms with van der Waals surface area (Å²) in [5.74, 6) is -0.446. The number of rotatable bonds is 9. The molecule has 1 aliphatic rings. The summed E-state index contributed by atoms with van der Waals surface area (Å²) in [7, 11) is 1.30. The molecular weight excluding hydrogens is 488 g/mol. The van der Waals surface area contributed by atoms with E-state index in [1.165, 1.54) is 13.3 Å². The zero-order valence-electron chi connectivity index (χ0n) is 20.8. The predicted molar refractivity (Wildman–Crippen MR) is 138 cm³/mol. The van der Waals surface area contributed by atoms with Crippen molar-refractivity contribution in [1.29, 1.82) is 5.41 Å². The van der Waals surface area contributed by atoms with Gasteiger partial charge in [0.2, 0.25) is 5.91 Å². The largest absolute Gasteiger partial charge is 0.491 e. The first-order valence-corrected chi connectivity index (χ1v) is 12.0. The predicted octanol–water partition coefficient (Wildman–Crippen LogP) is 3.45. The minimum Gasteiger partial charge on any atom is -0.491 e. The Labute approximate surface area is 219 Å². The van der Waals surface area contributed by atoms with Crippen LogP contribution in [0.5, 0.6) is 5.75 Å². The van der Waals surface area contributed by atoms with Gasteiger partial charge in [-0.2, -0.15) is 0 Å². The number of esters is 1. The fraction of sp³-hybridized carbons (Fsp3) is 0.250. The number of amides is 2. The van der Waals surface area contributed by atoms with Crippen LogP contribution in [0.2, 0.25) is 0 Å². The van der Waals surface area contributed by atoms with E-state index in [-0.39, 0.29) is 30.8 Å². The van der Waals surface area contributed by atoms with Crippen molar-refractivity contribution >= 4 is 23.8 Å². The third-order valence-electron chi connectivity index (χ3n) is 6.02. The van der Waals surface area contributed by atoms with Gasteiger partial charge >= 0.3 is 12.1 Å². The van der Waals surface area contributed by atoms with E-state index in [0.29, 0.717) is 30.0 Å². The Morgan fingerprint density at radius 3 is 2.53 bits per heavy atom. The second-order valence-electron chi connectivity index (χ2n) is 8.75. The molecule has 0 aliphatic carbocycles. The van der Waals surface area contributed by atoms with Gasteiger partial charge in [-0.1, -0.05) is 30.3 Å². The maximum atomic E-state index is 12.0. The molecule has 2 atom stereocenters. The highest BCUT2D eigenvalue weighted by atomic mass is 16.5. The van der Waals surface area contributed by atoms with Crippen LogP contribution >= 0.6 is 0 Å². The van der Waals surface area contributed by atoms with E-state index in [1.54, 1.807) is 24.3 Å². The highest BCUT2D eigenvalue weighted by molar-refractivity contribution is 6.04. The fourth-order valence-electron chi connectivity index (χ4n) is 3.96. The Balaban J connectivity index is 1.25. The molecule has 1 aliphatic heterocycles. The van der Waals surface area contributed by atoms with Crippen LogP contribution in [-0.2, 0) is 25.7 Å². The Hall–Kier alpha value is -4.73. The molecule has 2 aromatic carbocycles. The molecule has 3 N–H and O–H groups in total. The molecule has 10 nitrogen and oxygen atoms in total. The molecule has 4 rings (SSSR count). The van der Waals surface area contributed by atoms with Crippen molar-refractivity contribution in [2.75, 3.05) is 13.7 Å². The summed E-state index contributed by atoms with van der Waals surface area (Å²) in [6, 6.07) is 19.9. The lowest BCUT2D eigenvalue weighted by molar-refractivity contribution is -0.143. The van der Waals surface area contributed by atoms with Crippen LogP contribution in [-0.4, -0.2) is 48.5 Å². The van der Waals surface area contributed by atoms with Crippen molar-refractivity contribution in [3.63, 3.8) is 0 Å². The normalized spacial score (nSPS) is 16.3. The van der Waals surface area contributed by atoms with E-state index in [4.69, 9.17) is 14.9 Å². The number of aromatic nitrogens is 1. The van der Waals surface area contributed by atoms with Gasteiger partial charge in [-0.25, -0.2) is 4.79 Å². The molecule has 38 heavy (non-hydrogen) atoms. The molecule has 0 radical (unpaired) electrons. The number of carbonyl (C=O) groups excluding carboxylic acids is 3. The van der Waals surface area contributed by atoms with Crippen LogP contribution < -0.4 is 15.4 Å². The van der Waals surface area contributed by atoms with Crippen LogP contribution in [0.4, 0.5) is 4.79 Å². The lowest BCUT2D eigenvalue weighted by Gasteiger charge is -2.12. The number of methoxy groups -OCH3 is 1. The summed E-state index contributed by atoms with van der Waals surface area (Å²) >= 11 is 0. The Kier molecular flexibility index (Phi) is 8.65. The third-order valence-corrected chi connectivity index (χ3v) is 6.02. The van der Waals surface area contributed by atoms with Crippen molar-refractivity contribution in [2.24, 2.45) is 5.92 Å². The number of nitrogens with one attached hydrogen (secondary N) is 3. The summed E-state index contributed by atoms with van der Waals surface area (Å²) in [6.07, 6.45) is 1.37. The van der Waals surface area contributed by atoms with Gasteiger partial charge in [-0.3, -0.25) is 25.3 Å². The third kappa shape index (κ3) is 7.16. The number of pyridine rings is 1. The molecule has 0 spiro atoms. The van der Waals surface area contributed by atoms with Gasteiger partial charge in [0.15, 0.2) is 0 Å². The standard InChI is InChI=1S/C28H28N4O6/c1-36-25(33)14-21-13-22(31-27(21)34)17-37-23-10-7-19(8-11-23)24-12-9-20(15-30-24)26(29)32-28(35)38-16-18-5-3-2-4-6-18/h2-12,15,21-22H,13-14,16-17H2,1H3,(H,31,34)(H2,29,32,35)/t21-,22-/m0/s1. The second-order valence-corrected chi connectivity index (χ2v) is 8.75. The highest BCUT2D eigenvalue weighted by Crippen LogP contribution is 2.23. The second kappa shape index (κ2) is 12.5. The van der Waals surface area contributed by atoms with Gasteiger partial charge in [0.1, 0.15) is 24.8 Å². The summed E-state index contributed by atoms with van der Waals surface area (Å²) in [6.45, 7) is 0.403. The monoisotopic (exact) mass is 516 g/mol. The number of alkyl carbamates (subject to hydrolysis) is 1. The van der Waals surface area contributed by atoms with E-state index in [1.807, 2.05) is 42.5 Å². The van der Waals surface area contributed by atoms with Crippen LogP contribution in [0.25, 0.3) is 11.3 Å². The van der Waals surface area contributed by atoms with Gasteiger partial charge in [-0.15, -0.1) is 0 Å². The SMILES string of the molecule is COC(=O)C[C@@H]1C[C@@H](COc2ccc(-c3ccc(C(=N)NC(=O)OCc4ccccc4)cn3)cc2)NC1=O. The van der Waals surface area contributed by atoms with E-state index >= 15 is 0 Å². The molecule has 2 amide bonds. The first-order chi connectivity index (χ1) is 18.4. The van der Waals surface area contributed by atoms with Crippen LogP contribution in [0, 0.1) is 11.3 Å². The molecule has 0 unspecified atom stereocenters. The molecule has 0 bridgehead atoms. The smallest absolute Gasteiger partial charge is 0.413 e. The maximum absolute atomic E-state index is 12.0. The number of carbonyl (C=O) groups is 3.